The number of aromatic hydroxyl groups is 1. The summed E-state index contributed by atoms with van der Waals surface area (Å²) in [7, 11) is 0. The molecule has 1 N–H and O–H groups in total. The minimum absolute atomic E-state index is 0.130. The highest BCUT2D eigenvalue weighted by molar-refractivity contribution is 7.14. The lowest BCUT2D eigenvalue weighted by molar-refractivity contribution is -0.182. The Morgan fingerprint density at radius 3 is 2.25 bits per heavy atom. The topological polar surface area (TPSA) is 99.5 Å². The molecule has 0 bridgehead atoms. The molecule has 0 radical (unpaired) electrons. The molecule has 1 spiro atoms. The van der Waals surface area contributed by atoms with Gasteiger partial charge < -0.3 is 10.0 Å². The van der Waals surface area contributed by atoms with Crippen molar-refractivity contribution in [1.29, 1.82) is 0 Å². The summed E-state index contributed by atoms with van der Waals surface area (Å²) in [4.78, 5) is 32.0. The largest absolute Gasteiger partial charge is 0.491 e. The lowest BCUT2D eigenvalue weighted by Gasteiger charge is -2.28. The molecule has 13 heteroatoms. The molecule has 1 saturated carbocycles. The Bertz CT molecular complexity index is 1610. The van der Waals surface area contributed by atoms with E-state index in [1.807, 2.05) is 30.3 Å². The van der Waals surface area contributed by atoms with Gasteiger partial charge in [-0.25, -0.2) is 19.1 Å². The monoisotopic (exact) mass is 569 g/mol. The fourth-order valence-electron chi connectivity index (χ4n) is 4.87. The van der Waals surface area contributed by atoms with Crippen molar-refractivity contribution in [1.82, 2.24) is 25.0 Å². The van der Waals surface area contributed by atoms with Gasteiger partial charge in [-0.2, -0.15) is 13.2 Å². The van der Waals surface area contributed by atoms with Gasteiger partial charge in [0.05, 0.1) is 6.54 Å². The lowest BCUT2D eigenvalue weighted by atomic mass is 9.99. The van der Waals surface area contributed by atoms with Gasteiger partial charge in [-0.3, -0.25) is 4.79 Å². The lowest BCUT2D eigenvalue weighted by Crippen LogP contribution is -2.43. The molecule has 4 aromatic rings. The minimum atomic E-state index is -4.92. The molecule has 1 unspecified atom stereocenters. The number of hydrogen-bond acceptors (Lipinski definition) is 7. The van der Waals surface area contributed by atoms with Gasteiger partial charge in [0.15, 0.2) is 16.9 Å². The number of rotatable bonds is 6. The maximum atomic E-state index is 14.5. The number of urea groups is 1. The molecule has 3 amide bonds. The number of nitrogens with zero attached hydrogens (tertiary/aromatic N) is 5. The van der Waals surface area contributed by atoms with Crippen LogP contribution in [0.1, 0.15) is 29.5 Å². The van der Waals surface area contributed by atoms with Crippen LogP contribution in [0.15, 0.2) is 66.7 Å². The summed E-state index contributed by atoms with van der Waals surface area (Å²) < 4.78 is 56.8. The molecule has 2 aromatic heterocycles. The zero-order valence-electron chi connectivity index (χ0n) is 20.5. The molecule has 1 atom stereocenters. The molecule has 1 aliphatic carbocycles. The fourth-order valence-corrected chi connectivity index (χ4v) is 5.67. The number of alkyl halides is 3. The van der Waals surface area contributed by atoms with Gasteiger partial charge in [-0.1, -0.05) is 65.9 Å². The normalized spacial score (nSPS) is 17.1. The Kier molecular flexibility index (Phi) is 6.06. The summed E-state index contributed by atoms with van der Waals surface area (Å²) in [6.07, 6.45) is -4.47. The average Bonchev–Trinajstić information content (AvgIpc) is 3.56. The SMILES string of the molecule is O=C1N(C(c2ccc(-c3ccccc3)cc2)C(F)(F)F)C(=O)C2(CC2)N1Cc1nnc(-c2ccc(F)c(O)n2)s1. The maximum absolute atomic E-state index is 14.5. The first-order chi connectivity index (χ1) is 19.1. The van der Waals surface area contributed by atoms with Crippen molar-refractivity contribution in [3.63, 3.8) is 0 Å². The molecule has 2 fully saturated rings. The molecule has 2 aromatic carbocycles. The van der Waals surface area contributed by atoms with Crippen LogP contribution in [0.2, 0.25) is 0 Å². The first-order valence-electron chi connectivity index (χ1n) is 12.1. The summed E-state index contributed by atoms with van der Waals surface area (Å²) in [5, 5.41) is 17.9. The summed E-state index contributed by atoms with van der Waals surface area (Å²) in [5.41, 5.74) is 0.0393. The number of halogens is 4. The van der Waals surface area contributed by atoms with Gasteiger partial charge in [0, 0.05) is 0 Å². The van der Waals surface area contributed by atoms with Crippen LogP contribution in [0.25, 0.3) is 21.8 Å². The van der Waals surface area contributed by atoms with E-state index < -0.39 is 41.4 Å². The Morgan fingerprint density at radius 1 is 0.950 bits per heavy atom. The Hall–Kier alpha value is -4.39. The standard InChI is InChI=1S/C27H19F4N5O3S/c28-18-10-11-19(32-22(18)37)23-34-33-20(40-23)14-35-25(39)36(24(38)26(35)12-13-26)21(27(29,30)31)17-8-6-16(7-9-17)15-4-2-1-3-5-15/h1-11,21H,12-14H2,(H,32,37). The number of carbonyl (C=O) groups excluding carboxylic acids is 2. The van der Waals surface area contributed by atoms with Crippen LogP contribution in [0.5, 0.6) is 5.88 Å². The predicted molar refractivity (Wildman–Crippen MR) is 135 cm³/mol. The third-order valence-corrected chi connectivity index (χ3v) is 7.93. The Balaban J connectivity index is 1.29. The molecule has 3 heterocycles. The van der Waals surface area contributed by atoms with Gasteiger partial charge in [0.2, 0.25) is 5.88 Å². The zero-order chi connectivity index (χ0) is 28.2. The second-order valence-electron chi connectivity index (χ2n) is 9.51. The Morgan fingerprint density at radius 2 is 1.62 bits per heavy atom. The first kappa shape index (κ1) is 25.9. The van der Waals surface area contributed by atoms with Crippen LogP contribution in [0, 0.1) is 5.82 Å². The Labute approximate surface area is 228 Å². The van der Waals surface area contributed by atoms with Crippen molar-refractivity contribution in [2.24, 2.45) is 0 Å². The summed E-state index contributed by atoms with van der Waals surface area (Å²) in [6.45, 7) is -0.247. The van der Waals surface area contributed by atoms with E-state index in [4.69, 9.17) is 0 Å². The molecule has 1 saturated heterocycles. The van der Waals surface area contributed by atoms with Crippen LogP contribution in [-0.2, 0) is 11.3 Å². The van der Waals surface area contributed by atoms with Gasteiger partial charge in [0.25, 0.3) is 5.91 Å². The highest BCUT2D eigenvalue weighted by atomic mass is 32.1. The second-order valence-corrected chi connectivity index (χ2v) is 10.6. The van der Waals surface area contributed by atoms with Crippen molar-refractivity contribution >= 4 is 23.3 Å². The molecular weight excluding hydrogens is 550 g/mol. The molecule has 40 heavy (non-hydrogen) atoms. The van der Waals surface area contributed by atoms with Crippen molar-refractivity contribution in [3.8, 4) is 27.7 Å². The maximum Gasteiger partial charge on any atom is 0.413 e. The average molecular weight is 570 g/mol. The van der Waals surface area contributed by atoms with Crippen LogP contribution >= 0.6 is 11.3 Å². The van der Waals surface area contributed by atoms with Crippen molar-refractivity contribution < 1.29 is 32.3 Å². The second kappa shape index (κ2) is 9.37. The predicted octanol–water partition coefficient (Wildman–Crippen LogP) is 5.71. The molecule has 204 valence electrons. The minimum Gasteiger partial charge on any atom is -0.491 e. The number of amides is 3. The summed E-state index contributed by atoms with van der Waals surface area (Å²) >= 11 is 0.966. The van der Waals surface area contributed by atoms with Crippen LogP contribution in [0.3, 0.4) is 0 Å². The van der Waals surface area contributed by atoms with E-state index in [2.05, 4.69) is 15.2 Å². The molecule has 8 nitrogen and oxygen atoms in total. The number of aromatic nitrogens is 3. The van der Waals surface area contributed by atoms with Crippen LogP contribution in [-0.4, -0.2) is 53.7 Å². The van der Waals surface area contributed by atoms with Gasteiger partial charge in [0.1, 0.15) is 16.2 Å². The quantitative estimate of drug-likeness (QED) is 0.236. The fraction of sp³-hybridized carbons (Fsp3) is 0.222. The van der Waals surface area contributed by atoms with Gasteiger partial charge in [-0.15, -0.1) is 10.2 Å². The van der Waals surface area contributed by atoms with E-state index in [1.54, 1.807) is 0 Å². The highest BCUT2D eigenvalue weighted by Gasteiger charge is 2.68. The zero-order valence-corrected chi connectivity index (χ0v) is 21.3. The third kappa shape index (κ3) is 4.35. The van der Waals surface area contributed by atoms with Crippen LogP contribution < -0.4 is 0 Å². The van der Waals surface area contributed by atoms with E-state index in [0.717, 1.165) is 27.9 Å². The van der Waals surface area contributed by atoms with E-state index in [-0.39, 0.29) is 40.7 Å². The molecule has 6 rings (SSSR count). The van der Waals surface area contributed by atoms with E-state index in [1.165, 1.54) is 30.3 Å². The number of carbonyl (C=O) groups is 2. The van der Waals surface area contributed by atoms with Crippen molar-refractivity contribution in [2.75, 3.05) is 0 Å². The van der Waals surface area contributed by atoms with Gasteiger partial charge >= 0.3 is 12.2 Å². The summed E-state index contributed by atoms with van der Waals surface area (Å²) in [5.74, 6) is -2.64. The van der Waals surface area contributed by atoms with E-state index in [0.29, 0.717) is 10.5 Å². The molecule has 1 aliphatic heterocycles. The number of benzene rings is 2. The van der Waals surface area contributed by atoms with E-state index >= 15 is 0 Å². The van der Waals surface area contributed by atoms with E-state index in [9.17, 15) is 32.3 Å². The number of hydrogen-bond donors (Lipinski definition) is 1. The molecule has 2 aliphatic rings. The number of pyridine rings is 1. The smallest absolute Gasteiger partial charge is 0.413 e. The molecular formula is C27H19F4N5O3S. The van der Waals surface area contributed by atoms with Crippen LogP contribution in [0.4, 0.5) is 22.4 Å². The summed E-state index contributed by atoms with van der Waals surface area (Å²) in [6, 6.07) is 13.5. The third-order valence-electron chi connectivity index (χ3n) is 7.00. The van der Waals surface area contributed by atoms with Gasteiger partial charge in [-0.05, 0) is 41.7 Å². The first-order valence-corrected chi connectivity index (χ1v) is 13.0. The van der Waals surface area contributed by atoms with Crippen molar-refractivity contribution in [3.05, 3.63) is 83.1 Å². The number of imide groups is 1. The van der Waals surface area contributed by atoms with Crippen molar-refractivity contribution in [2.45, 2.75) is 37.1 Å². The highest BCUT2D eigenvalue weighted by Crippen LogP contribution is 2.53.